The van der Waals surface area contributed by atoms with Crippen LogP contribution in [-0.2, 0) is 0 Å². The van der Waals surface area contributed by atoms with Crippen LogP contribution in [0.25, 0.3) is 0 Å². The molecule has 7 nitrogen and oxygen atoms in total. The highest BCUT2D eigenvalue weighted by Crippen LogP contribution is 2.26. The van der Waals surface area contributed by atoms with Gasteiger partial charge in [0.1, 0.15) is 16.7 Å². The molecular weight excluding hydrogens is 275 g/mol. The second-order valence-electron chi connectivity index (χ2n) is 3.39. The molecule has 0 fully saturated rings. The molecule has 0 saturated carbocycles. The van der Waals surface area contributed by atoms with Gasteiger partial charge in [0, 0.05) is 6.07 Å². The van der Waals surface area contributed by atoms with Gasteiger partial charge in [0.25, 0.3) is 5.56 Å². The summed E-state index contributed by atoms with van der Waals surface area (Å²) in [5.74, 6) is -2.11. The Labute approximate surface area is 109 Å². The summed E-state index contributed by atoms with van der Waals surface area (Å²) < 4.78 is 12.9. The normalized spacial score (nSPS) is 10.4. The van der Waals surface area contributed by atoms with Crippen LogP contribution in [0.1, 0.15) is 10.4 Å². The Bertz CT molecular complexity index is 703. The molecule has 9 heteroatoms. The van der Waals surface area contributed by atoms with Crippen molar-refractivity contribution in [3.05, 3.63) is 40.1 Å². The third-order valence-corrected chi connectivity index (χ3v) is 2.89. The lowest BCUT2D eigenvalue weighted by Crippen LogP contribution is -2.10. The van der Waals surface area contributed by atoms with Gasteiger partial charge in [0.2, 0.25) is 0 Å². The highest BCUT2D eigenvalue weighted by Gasteiger charge is 2.15. The van der Waals surface area contributed by atoms with E-state index in [4.69, 9.17) is 10.8 Å². The van der Waals surface area contributed by atoms with Crippen molar-refractivity contribution in [2.24, 2.45) is 0 Å². The summed E-state index contributed by atoms with van der Waals surface area (Å²) in [7, 11) is 0. The number of nitrogens with zero attached hydrogens (tertiary/aromatic N) is 2. The first-order valence-electron chi connectivity index (χ1n) is 4.89. The maximum absolute atomic E-state index is 12.9. The zero-order valence-corrected chi connectivity index (χ0v) is 10.1. The van der Waals surface area contributed by atoms with E-state index in [1.54, 1.807) is 0 Å². The quantitative estimate of drug-likeness (QED) is 0.709. The van der Waals surface area contributed by atoms with E-state index in [9.17, 15) is 14.0 Å². The van der Waals surface area contributed by atoms with Gasteiger partial charge < -0.3 is 15.8 Å². The molecule has 0 amide bonds. The Morgan fingerprint density at radius 3 is 2.84 bits per heavy atom. The number of aromatic amines is 1. The van der Waals surface area contributed by atoms with Gasteiger partial charge in [-0.05, 0) is 17.8 Å². The highest BCUT2D eigenvalue weighted by atomic mass is 32.2. The van der Waals surface area contributed by atoms with Crippen molar-refractivity contribution < 1.29 is 14.3 Å². The van der Waals surface area contributed by atoms with Crippen molar-refractivity contribution in [1.82, 2.24) is 15.0 Å². The van der Waals surface area contributed by atoms with E-state index in [1.165, 1.54) is 0 Å². The smallest absolute Gasteiger partial charge is 0.338 e. The summed E-state index contributed by atoms with van der Waals surface area (Å²) in [6, 6.07) is 1.92. The van der Waals surface area contributed by atoms with Crippen LogP contribution in [0, 0.1) is 5.82 Å². The number of hydrogen-bond donors (Lipinski definition) is 3. The van der Waals surface area contributed by atoms with E-state index in [0.717, 1.165) is 30.1 Å². The molecular formula is C10H7FN4O3S. The Morgan fingerprint density at radius 2 is 2.21 bits per heavy atom. The monoisotopic (exact) mass is 282 g/mol. The summed E-state index contributed by atoms with van der Waals surface area (Å²) in [6.07, 6.45) is 0.874. The molecule has 0 unspecified atom stereocenters. The molecule has 0 saturated heterocycles. The Morgan fingerprint density at radius 1 is 1.47 bits per heavy atom. The fraction of sp³-hybridized carbons (Fsp3) is 0. The molecule has 2 heterocycles. The van der Waals surface area contributed by atoms with Crippen molar-refractivity contribution >= 4 is 23.5 Å². The highest BCUT2D eigenvalue weighted by molar-refractivity contribution is 7.99. The predicted octanol–water partition coefficient (Wildman–Crippen LogP) is 0.736. The average molecular weight is 282 g/mol. The topological polar surface area (TPSA) is 122 Å². The van der Waals surface area contributed by atoms with Crippen LogP contribution in [-0.4, -0.2) is 26.0 Å². The van der Waals surface area contributed by atoms with Gasteiger partial charge in [-0.25, -0.2) is 19.2 Å². The predicted molar refractivity (Wildman–Crippen MR) is 64.5 cm³/mol. The van der Waals surface area contributed by atoms with E-state index >= 15 is 0 Å². The van der Waals surface area contributed by atoms with Crippen molar-refractivity contribution in [2.45, 2.75) is 10.2 Å². The first-order chi connectivity index (χ1) is 8.95. The number of aromatic nitrogens is 3. The Balaban J connectivity index is 2.43. The molecule has 2 rings (SSSR count). The minimum absolute atomic E-state index is 0.00245. The molecule has 0 atom stereocenters. The number of halogens is 1. The number of anilines is 1. The van der Waals surface area contributed by atoms with Crippen LogP contribution in [0.15, 0.2) is 33.3 Å². The van der Waals surface area contributed by atoms with E-state index in [1.807, 2.05) is 0 Å². The molecule has 0 aliphatic heterocycles. The minimum Gasteiger partial charge on any atom is -0.478 e. The van der Waals surface area contributed by atoms with Crippen LogP contribution < -0.4 is 11.3 Å². The summed E-state index contributed by atoms with van der Waals surface area (Å²) in [5, 5.41) is 9.02. The maximum Gasteiger partial charge on any atom is 0.338 e. The number of rotatable bonds is 3. The number of carboxylic acids is 1. The first kappa shape index (κ1) is 13.0. The third kappa shape index (κ3) is 3.07. The molecule has 0 aromatic carbocycles. The number of carboxylic acid groups (broad SMARTS) is 1. The molecule has 4 N–H and O–H groups in total. The minimum atomic E-state index is -1.33. The number of hydrogen-bond acceptors (Lipinski definition) is 6. The van der Waals surface area contributed by atoms with Crippen LogP contribution in [0.5, 0.6) is 0 Å². The number of H-pyrrole nitrogens is 1. The van der Waals surface area contributed by atoms with Gasteiger partial charge in [-0.15, -0.1) is 0 Å². The van der Waals surface area contributed by atoms with Crippen LogP contribution >= 0.6 is 11.8 Å². The van der Waals surface area contributed by atoms with Gasteiger partial charge in [0.05, 0.1) is 11.8 Å². The number of nitrogens with one attached hydrogen (secondary N) is 1. The molecule has 19 heavy (non-hydrogen) atoms. The molecule has 2 aromatic heterocycles. The lowest BCUT2D eigenvalue weighted by Gasteiger charge is -2.04. The van der Waals surface area contributed by atoms with Crippen molar-refractivity contribution in [3.8, 4) is 0 Å². The summed E-state index contributed by atoms with van der Waals surface area (Å²) in [5.41, 5.74) is 4.59. The molecule has 0 aliphatic rings. The zero-order chi connectivity index (χ0) is 14.0. The van der Waals surface area contributed by atoms with E-state index < -0.39 is 17.3 Å². The van der Waals surface area contributed by atoms with Crippen molar-refractivity contribution in [1.29, 1.82) is 0 Å². The van der Waals surface area contributed by atoms with E-state index in [0.29, 0.717) is 0 Å². The van der Waals surface area contributed by atoms with Gasteiger partial charge in [0.15, 0.2) is 5.16 Å². The van der Waals surface area contributed by atoms with Gasteiger partial charge >= 0.3 is 5.97 Å². The van der Waals surface area contributed by atoms with Crippen LogP contribution in [0.3, 0.4) is 0 Å². The van der Waals surface area contributed by atoms with Crippen LogP contribution in [0.2, 0.25) is 0 Å². The lowest BCUT2D eigenvalue weighted by molar-refractivity contribution is 0.0691. The molecule has 0 aliphatic carbocycles. The second kappa shape index (κ2) is 5.06. The average Bonchev–Trinajstić information content (AvgIpc) is 2.30. The second-order valence-corrected chi connectivity index (χ2v) is 4.37. The largest absolute Gasteiger partial charge is 0.478 e. The van der Waals surface area contributed by atoms with Crippen molar-refractivity contribution in [2.75, 3.05) is 5.73 Å². The first-order valence-corrected chi connectivity index (χ1v) is 5.71. The van der Waals surface area contributed by atoms with Gasteiger partial charge in [-0.2, -0.15) is 0 Å². The molecule has 2 aromatic rings. The summed E-state index contributed by atoms with van der Waals surface area (Å²) in [6.45, 7) is 0. The van der Waals surface area contributed by atoms with Gasteiger partial charge in [-0.3, -0.25) is 4.79 Å². The number of nitrogens with two attached hydrogens (primary N) is 1. The Hall–Kier alpha value is -2.42. The molecule has 0 spiro atoms. The number of nitrogen functional groups attached to an aromatic ring is 1. The summed E-state index contributed by atoms with van der Waals surface area (Å²) >= 11 is 0.774. The van der Waals surface area contributed by atoms with Gasteiger partial charge in [-0.1, -0.05) is 0 Å². The summed E-state index contributed by atoms with van der Waals surface area (Å²) in [4.78, 5) is 32.0. The fourth-order valence-corrected chi connectivity index (χ4v) is 2.10. The van der Waals surface area contributed by atoms with E-state index in [-0.39, 0.29) is 21.6 Å². The SMILES string of the molecule is Nc1cc(=O)[nH]c(Sc2ncc(F)cc2C(=O)O)n1. The standard InChI is InChI=1S/C10H7FN4O3S/c11-4-1-5(9(17)18)8(13-3-4)19-10-14-6(12)2-7(16)15-10/h1-3H,(H,17,18)(H3,12,14,15,16). The molecule has 0 radical (unpaired) electrons. The lowest BCUT2D eigenvalue weighted by atomic mass is 10.3. The maximum atomic E-state index is 12.9. The van der Waals surface area contributed by atoms with Crippen molar-refractivity contribution in [3.63, 3.8) is 0 Å². The number of carbonyl (C=O) groups is 1. The Kier molecular flexibility index (Phi) is 3.47. The third-order valence-electron chi connectivity index (χ3n) is 1.98. The zero-order valence-electron chi connectivity index (χ0n) is 9.25. The number of aromatic carboxylic acids is 1. The fourth-order valence-electron chi connectivity index (χ4n) is 1.25. The molecule has 0 bridgehead atoms. The molecule has 98 valence electrons. The van der Waals surface area contributed by atoms with Crippen LogP contribution in [0.4, 0.5) is 10.2 Å². The number of pyridine rings is 1. The van der Waals surface area contributed by atoms with E-state index in [2.05, 4.69) is 15.0 Å².